The number of benzene rings is 1. The molecule has 1 fully saturated rings. The van der Waals surface area contributed by atoms with Crippen LogP contribution in [0.25, 0.3) is 0 Å². The van der Waals surface area contributed by atoms with Crippen molar-refractivity contribution < 1.29 is 19.1 Å². The Morgan fingerprint density at radius 2 is 1.81 bits per heavy atom. The van der Waals surface area contributed by atoms with E-state index < -0.39 is 5.91 Å². The molecule has 1 N–H and O–H groups in total. The van der Waals surface area contributed by atoms with Gasteiger partial charge in [0.2, 0.25) is 0 Å². The van der Waals surface area contributed by atoms with Crippen LogP contribution in [-0.4, -0.2) is 62.2 Å². The first-order valence-electron chi connectivity index (χ1n) is 8.62. The maximum absolute atomic E-state index is 12.4. The second-order valence-corrected chi connectivity index (χ2v) is 6.12. The van der Waals surface area contributed by atoms with Crippen molar-refractivity contribution in [2.75, 3.05) is 40.4 Å². The van der Waals surface area contributed by atoms with Gasteiger partial charge in [-0.3, -0.25) is 4.79 Å². The Bertz CT molecular complexity index is 731. The lowest BCUT2D eigenvalue weighted by Crippen LogP contribution is -2.47. The quantitative estimate of drug-likeness (QED) is 0.624. The maximum Gasteiger partial charge on any atom is 0.409 e. The summed E-state index contributed by atoms with van der Waals surface area (Å²) in [6, 6.07) is 9.07. The molecule has 1 unspecified atom stereocenters. The van der Waals surface area contributed by atoms with Gasteiger partial charge in [0.15, 0.2) is 0 Å². The van der Waals surface area contributed by atoms with Gasteiger partial charge in [-0.15, -0.1) is 0 Å². The first-order valence-corrected chi connectivity index (χ1v) is 8.62. The van der Waals surface area contributed by atoms with Gasteiger partial charge >= 0.3 is 6.09 Å². The lowest BCUT2D eigenvalue weighted by molar-refractivity contribution is -0.117. The van der Waals surface area contributed by atoms with E-state index in [-0.39, 0.29) is 17.7 Å². The molecule has 1 heterocycles. The zero-order chi connectivity index (χ0) is 19.8. The van der Waals surface area contributed by atoms with Crippen molar-refractivity contribution in [3.05, 3.63) is 41.6 Å². The smallest absolute Gasteiger partial charge is 0.409 e. The predicted octanol–water partition coefficient (Wildman–Crippen LogP) is 1.66. The van der Waals surface area contributed by atoms with Gasteiger partial charge in [-0.1, -0.05) is 12.1 Å². The van der Waals surface area contributed by atoms with E-state index in [0.29, 0.717) is 26.2 Å². The van der Waals surface area contributed by atoms with E-state index in [2.05, 4.69) is 5.32 Å². The molecule has 2 amide bonds. The van der Waals surface area contributed by atoms with Crippen molar-refractivity contribution in [2.24, 2.45) is 0 Å². The van der Waals surface area contributed by atoms with Crippen LogP contribution < -0.4 is 10.1 Å². The second-order valence-electron chi connectivity index (χ2n) is 6.12. The number of ether oxygens (including phenoxy) is 2. The van der Waals surface area contributed by atoms with Gasteiger partial charge < -0.3 is 24.6 Å². The number of nitrogens with zero attached hydrogens (tertiary/aromatic N) is 3. The number of rotatable bonds is 5. The van der Waals surface area contributed by atoms with Crippen LogP contribution in [-0.2, 0) is 9.53 Å². The number of piperazine rings is 1. The highest BCUT2D eigenvalue weighted by atomic mass is 16.5. The molecule has 1 aromatic carbocycles. The van der Waals surface area contributed by atoms with Crippen molar-refractivity contribution >= 4 is 12.0 Å². The molecular weight excluding hydrogens is 348 g/mol. The minimum Gasteiger partial charge on any atom is -0.497 e. The predicted molar refractivity (Wildman–Crippen MR) is 98.8 cm³/mol. The van der Waals surface area contributed by atoms with Crippen LogP contribution in [0.4, 0.5) is 4.79 Å². The first-order chi connectivity index (χ1) is 13.0. The van der Waals surface area contributed by atoms with Gasteiger partial charge in [-0.25, -0.2) is 4.79 Å². The third kappa shape index (κ3) is 5.38. The minimum absolute atomic E-state index is 0.0295. The Kier molecular flexibility index (Phi) is 7.06. The van der Waals surface area contributed by atoms with E-state index in [0.717, 1.165) is 11.3 Å². The summed E-state index contributed by atoms with van der Waals surface area (Å²) in [5.41, 5.74) is 0.940. The largest absolute Gasteiger partial charge is 0.497 e. The lowest BCUT2D eigenvalue weighted by Gasteiger charge is -2.33. The first kappa shape index (κ1) is 20.1. The fourth-order valence-corrected chi connectivity index (χ4v) is 2.73. The Morgan fingerprint density at radius 1 is 1.19 bits per heavy atom. The maximum atomic E-state index is 12.4. The summed E-state index contributed by atoms with van der Waals surface area (Å²) in [5.74, 6) is 0.303. The zero-order valence-corrected chi connectivity index (χ0v) is 15.8. The van der Waals surface area contributed by atoms with E-state index in [4.69, 9.17) is 9.47 Å². The molecule has 8 nitrogen and oxygen atoms in total. The molecule has 1 atom stereocenters. The van der Waals surface area contributed by atoms with Crippen LogP contribution in [0.2, 0.25) is 0 Å². The summed E-state index contributed by atoms with van der Waals surface area (Å²) in [5, 5.41) is 12.2. The molecule has 0 aliphatic carbocycles. The summed E-state index contributed by atoms with van der Waals surface area (Å²) < 4.78 is 9.82. The van der Waals surface area contributed by atoms with Crippen molar-refractivity contribution in [2.45, 2.75) is 13.0 Å². The van der Waals surface area contributed by atoms with Gasteiger partial charge in [0.25, 0.3) is 5.91 Å². The molecule has 1 saturated heterocycles. The molecule has 0 saturated carbocycles. The lowest BCUT2D eigenvalue weighted by atomic mass is 10.1. The second kappa shape index (κ2) is 9.48. The van der Waals surface area contributed by atoms with Gasteiger partial charge in [0, 0.05) is 32.4 Å². The number of amides is 2. The number of carbonyl (C=O) groups is 2. The Hall–Kier alpha value is -3.21. The molecule has 8 heteroatoms. The summed E-state index contributed by atoms with van der Waals surface area (Å²) in [4.78, 5) is 27.4. The minimum atomic E-state index is -0.434. The van der Waals surface area contributed by atoms with Crippen molar-refractivity contribution in [3.8, 4) is 11.8 Å². The third-order valence-electron chi connectivity index (χ3n) is 4.39. The molecule has 0 spiro atoms. The Morgan fingerprint density at radius 3 is 2.33 bits per heavy atom. The summed E-state index contributed by atoms with van der Waals surface area (Å²) >= 11 is 0. The van der Waals surface area contributed by atoms with E-state index in [9.17, 15) is 14.9 Å². The van der Waals surface area contributed by atoms with Crippen LogP contribution in [0.3, 0.4) is 0 Å². The van der Waals surface area contributed by atoms with Crippen molar-refractivity contribution in [1.29, 1.82) is 5.26 Å². The highest BCUT2D eigenvalue weighted by Crippen LogP contribution is 2.17. The average Bonchev–Trinajstić information content (AvgIpc) is 2.71. The summed E-state index contributed by atoms with van der Waals surface area (Å²) in [6.45, 7) is 3.87. The van der Waals surface area contributed by atoms with E-state index >= 15 is 0 Å². The van der Waals surface area contributed by atoms with Crippen LogP contribution >= 0.6 is 0 Å². The van der Waals surface area contributed by atoms with E-state index in [1.54, 1.807) is 18.2 Å². The highest BCUT2D eigenvalue weighted by molar-refractivity contribution is 5.97. The van der Waals surface area contributed by atoms with Crippen LogP contribution in [0, 0.1) is 11.3 Å². The number of methoxy groups -OCH3 is 2. The highest BCUT2D eigenvalue weighted by Gasteiger charge is 2.21. The molecule has 2 rings (SSSR count). The zero-order valence-electron chi connectivity index (χ0n) is 15.8. The molecule has 0 aromatic heterocycles. The molecule has 1 aliphatic rings. The Balaban J connectivity index is 1.95. The fraction of sp³-hybridized carbons (Fsp3) is 0.421. The van der Waals surface area contributed by atoms with Crippen LogP contribution in [0.5, 0.6) is 5.75 Å². The van der Waals surface area contributed by atoms with Gasteiger partial charge in [0.05, 0.1) is 20.3 Å². The number of nitriles is 1. The number of nitrogens with one attached hydrogen (secondary N) is 1. The number of hydrogen-bond acceptors (Lipinski definition) is 6. The molecule has 1 aliphatic heterocycles. The topological polar surface area (TPSA) is 94.9 Å². The monoisotopic (exact) mass is 372 g/mol. The SMILES string of the molecule is COC(=O)N1CCN(/C=C(/C#N)C(=O)NC(C)c2ccc(OC)cc2)CC1. The molecule has 27 heavy (non-hydrogen) atoms. The van der Waals surface area contributed by atoms with Crippen molar-refractivity contribution in [3.63, 3.8) is 0 Å². The molecular formula is C19H24N4O4. The molecule has 1 aromatic rings. The Labute approximate surface area is 158 Å². The van der Waals surface area contributed by atoms with Gasteiger partial charge in [-0.2, -0.15) is 5.26 Å². The summed E-state index contributed by atoms with van der Waals surface area (Å²) in [7, 11) is 2.94. The number of carbonyl (C=O) groups excluding carboxylic acids is 2. The van der Waals surface area contributed by atoms with Crippen LogP contribution in [0.1, 0.15) is 18.5 Å². The molecule has 0 bridgehead atoms. The average molecular weight is 372 g/mol. The fourth-order valence-electron chi connectivity index (χ4n) is 2.73. The standard InChI is InChI=1S/C19H24N4O4/c1-14(15-4-6-17(26-2)7-5-15)21-18(24)16(12-20)13-22-8-10-23(11-9-22)19(25)27-3/h4-7,13-14H,8-11H2,1-3H3,(H,21,24)/b16-13-. The van der Waals surface area contributed by atoms with Gasteiger partial charge in [0.1, 0.15) is 17.4 Å². The number of hydrogen-bond donors (Lipinski definition) is 1. The normalized spacial score (nSPS) is 15.6. The summed E-state index contributed by atoms with van der Waals surface area (Å²) in [6.07, 6.45) is 1.18. The van der Waals surface area contributed by atoms with E-state index in [1.807, 2.05) is 42.2 Å². The van der Waals surface area contributed by atoms with Gasteiger partial charge in [-0.05, 0) is 24.6 Å². The third-order valence-corrected chi connectivity index (χ3v) is 4.39. The van der Waals surface area contributed by atoms with Crippen molar-refractivity contribution in [1.82, 2.24) is 15.1 Å². The van der Waals surface area contributed by atoms with Crippen LogP contribution in [0.15, 0.2) is 36.0 Å². The van der Waals surface area contributed by atoms with E-state index in [1.165, 1.54) is 7.11 Å². The molecule has 144 valence electrons. The molecule has 0 radical (unpaired) electrons.